The predicted octanol–water partition coefficient (Wildman–Crippen LogP) is 2.74. The van der Waals surface area contributed by atoms with Crippen LogP contribution in [0.15, 0.2) is 12.1 Å². The molecule has 0 bridgehead atoms. The molecule has 0 aliphatic carbocycles. The molecule has 1 aromatic rings. The Morgan fingerprint density at radius 2 is 2.07 bits per heavy atom. The minimum absolute atomic E-state index is 0.389. The molecular formula is C13H19NO. The lowest BCUT2D eigenvalue weighted by Gasteiger charge is -2.12. The SMILES string of the molecule is CCCNC1COc2c(C)ccc(C)c21. The van der Waals surface area contributed by atoms with Crippen molar-refractivity contribution in [3.63, 3.8) is 0 Å². The molecule has 1 N–H and O–H groups in total. The van der Waals surface area contributed by atoms with Crippen LogP contribution in [-0.2, 0) is 0 Å². The fourth-order valence-electron chi connectivity index (χ4n) is 2.16. The zero-order chi connectivity index (χ0) is 10.8. The quantitative estimate of drug-likeness (QED) is 0.819. The van der Waals surface area contributed by atoms with Crippen molar-refractivity contribution >= 4 is 0 Å². The summed E-state index contributed by atoms with van der Waals surface area (Å²) in [7, 11) is 0. The molecule has 0 spiro atoms. The number of fused-ring (bicyclic) bond motifs is 1. The molecule has 2 nitrogen and oxygen atoms in total. The average molecular weight is 205 g/mol. The van der Waals surface area contributed by atoms with E-state index < -0.39 is 0 Å². The summed E-state index contributed by atoms with van der Waals surface area (Å²) in [6, 6.07) is 4.71. The maximum absolute atomic E-state index is 5.76. The Labute approximate surface area is 91.6 Å². The number of benzene rings is 1. The van der Waals surface area contributed by atoms with Gasteiger partial charge in [0.15, 0.2) is 0 Å². The molecule has 2 heteroatoms. The van der Waals surface area contributed by atoms with Crippen LogP contribution in [-0.4, -0.2) is 13.2 Å². The van der Waals surface area contributed by atoms with Gasteiger partial charge in [-0.3, -0.25) is 0 Å². The fraction of sp³-hybridized carbons (Fsp3) is 0.538. The van der Waals surface area contributed by atoms with Crippen molar-refractivity contribution in [3.8, 4) is 5.75 Å². The maximum atomic E-state index is 5.76. The summed E-state index contributed by atoms with van der Waals surface area (Å²) < 4.78 is 5.76. The van der Waals surface area contributed by atoms with Crippen LogP contribution < -0.4 is 10.1 Å². The van der Waals surface area contributed by atoms with Gasteiger partial charge in [-0.1, -0.05) is 19.1 Å². The van der Waals surface area contributed by atoms with Gasteiger partial charge in [0.1, 0.15) is 12.4 Å². The third-order valence-electron chi connectivity index (χ3n) is 2.99. The molecule has 1 aliphatic heterocycles. The Kier molecular flexibility index (Phi) is 2.96. The van der Waals surface area contributed by atoms with Crippen LogP contribution in [0.2, 0.25) is 0 Å². The molecular weight excluding hydrogens is 186 g/mol. The summed E-state index contributed by atoms with van der Waals surface area (Å²) >= 11 is 0. The van der Waals surface area contributed by atoms with Crippen molar-refractivity contribution in [3.05, 3.63) is 28.8 Å². The van der Waals surface area contributed by atoms with Gasteiger partial charge in [0.05, 0.1) is 6.04 Å². The monoisotopic (exact) mass is 205 g/mol. The molecule has 0 saturated heterocycles. The number of aryl methyl sites for hydroxylation is 2. The van der Waals surface area contributed by atoms with Gasteiger partial charge >= 0.3 is 0 Å². The van der Waals surface area contributed by atoms with Crippen LogP contribution in [0.5, 0.6) is 5.75 Å². The van der Waals surface area contributed by atoms with Crippen LogP contribution in [0.1, 0.15) is 36.1 Å². The summed E-state index contributed by atoms with van der Waals surface area (Å²) in [6.45, 7) is 8.29. The Morgan fingerprint density at radius 1 is 1.33 bits per heavy atom. The van der Waals surface area contributed by atoms with E-state index in [9.17, 15) is 0 Å². The number of rotatable bonds is 3. The predicted molar refractivity (Wildman–Crippen MR) is 62.4 cm³/mol. The Morgan fingerprint density at radius 3 is 2.80 bits per heavy atom. The average Bonchev–Trinajstić information content (AvgIpc) is 2.65. The molecule has 82 valence electrons. The minimum atomic E-state index is 0.389. The van der Waals surface area contributed by atoms with Gasteiger partial charge < -0.3 is 10.1 Å². The number of ether oxygens (including phenoxy) is 1. The summed E-state index contributed by atoms with van der Waals surface area (Å²) in [4.78, 5) is 0. The van der Waals surface area contributed by atoms with Crippen LogP contribution in [0.3, 0.4) is 0 Å². The van der Waals surface area contributed by atoms with E-state index in [2.05, 4.69) is 38.2 Å². The first kappa shape index (κ1) is 10.5. The number of hydrogen-bond donors (Lipinski definition) is 1. The zero-order valence-electron chi connectivity index (χ0n) is 9.76. The largest absolute Gasteiger partial charge is 0.491 e. The first-order valence-electron chi connectivity index (χ1n) is 5.70. The van der Waals surface area contributed by atoms with Crippen molar-refractivity contribution < 1.29 is 4.74 Å². The van der Waals surface area contributed by atoms with E-state index in [1.54, 1.807) is 0 Å². The molecule has 1 heterocycles. The second-order valence-corrected chi connectivity index (χ2v) is 4.26. The van der Waals surface area contributed by atoms with Crippen molar-refractivity contribution in [1.29, 1.82) is 0 Å². The molecule has 0 radical (unpaired) electrons. The number of nitrogens with one attached hydrogen (secondary N) is 1. The van der Waals surface area contributed by atoms with Crippen LogP contribution in [0.4, 0.5) is 0 Å². The topological polar surface area (TPSA) is 21.3 Å². The molecule has 15 heavy (non-hydrogen) atoms. The third kappa shape index (κ3) is 1.86. The van der Waals surface area contributed by atoms with E-state index in [1.165, 1.54) is 16.7 Å². The van der Waals surface area contributed by atoms with Crippen molar-refractivity contribution in [1.82, 2.24) is 5.32 Å². The lowest BCUT2D eigenvalue weighted by molar-refractivity contribution is 0.310. The van der Waals surface area contributed by atoms with Gasteiger partial charge in [0, 0.05) is 5.56 Å². The highest BCUT2D eigenvalue weighted by Crippen LogP contribution is 2.37. The van der Waals surface area contributed by atoms with Crippen molar-refractivity contribution in [2.75, 3.05) is 13.2 Å². The highest BCUT2D eigenvalue weighted by molar-refractivity contribution is 5.49. The summed E-state index contributed by atoms with van der Waals surface area (Å²) in [5.74, 6) is 1.10. The standard InChI is InChI=1S/C13H19NO/c1-4-7-14-11-8-15-13-10(3)6-5-9(2)12(11)13/h5-6,11,14H,4,7-8H2,1-3H3. The Bertz CT molecular complexity index is 360. The van der Waals surface area contributed by atoms with Gasteiger partial charge in [-0.05, 0) is 37.9 Å². The Hall–Kier alpha value is -1.02. The van der Waals surface area contributed by atoms with Crippen LogP contribution in [0, 0.1) is 13.8 Å². The van der Waals surface area contributed by atoms with E-state index in [4.69, 9.17) is 4.74 Å². The lowest BCUT2D eigenvalue weighted by Crippen LogP contribution is -2.23. The van der Waals surface area contributed by atoms with E-state index in [0.29, 0.717) is 6.04 Å². The first-order valence-corrected chi connectivity index (χ1v) is 5.70. The van der Waals surface area contributed by atoms with Crippen LogP contribution >= 0.6 is 0 Å². The van der Waals surface area contributed by atoms with E-state index in [-0.39, 0.29) is 0 Å². The van der Waals surface area contributed by atoms with Crippen molar-refractivity contribution in [2.45, 2.75) is 33.2 Å². The molecule has 1 aliphatic rings. The molecule has 1 aromatic carbocycles. The molecule has 0 aromatic heterocycles. The summed E-state index contributed by atoms with van der Waals surface area (Å²) in [6.07, 6.45) is 1.16. The molecule has 0 saturated carbocycles. The third-order valence-corrected chi connectivity index (χ3v) is 2.99. The minimum Gasteiger partial charge on any atom is -0.491 e. The second-order valence-electron chi connectivity index (χ2n) is 4.26. The molecule has 2 rings (SSSR count). The summed E-state index contributed by atoms with van der Waals surface area (Å²) in [5, 5.41) is 3.53. The molecule has 1 atom stereocenters. The number of hydrogen-bond acceptors (Lipinski definition) is 2. The molecule has 0 amide bonds. The Balaban J connectivity index is 2.28. The highest BCUT2D eigenvalue weighted by atomic mass is 16.5. The smallest absolute Gasteiger partial charge is 0.127 e. The van der Waals surface area contributed by atoms with E-state index in [1.807, 2.05) is 0 Å². The second kappa shape index (κ2) is 4.23. The molecule has 0 fully saturated rings. The lowest BCUT2D eigenvalue weighted by atomic mass is 10.00. The van der Waals surface area contributed by atoms with Crippen molar-refractivity contribution in [2.24, 2.45) is 0 Å². The van der Waals surface area contributed by atoms with Gasteiger partial charge in [-0.2, -0.15) is 0 Å². The van der Waals surface area contributed by atoms with E-state index in [0.717, 1.165) is 25.3 Å². The summed E-state index contributed by atoms with van der Waals surface area (Å²) in [5.41, 5.74) is 3.95. The highest BCUT2D eigenvalue weighted by Gasteiger charge is 2.26. The van der Waals surface area contributed by atoms with Gasteiger partial charge in [-0.25, -0.2) is 0 Å². The van der Waals surface area contributed by atoms with Crippen LogP contribution in [0.25, 0.3) is 0 Å². The first-order chi connectivity index (χ1) is 7.24. The van der Waals surface area contributed by atoms with Gasteiger partial charge in [0.25, 0.3) is 0 Å². The normalized spacial score (nSPS) is 18.7. The zero-order valence-corrected chi connectivity index (χ0v) is 9.76. The van der Waals surface area contributed by atoms with Gasteiger partial charge in [0.2, 0.25) is 0 Å². The molecule has 1 unspecified atom stereocenters. The van der Waals surface area contributed by atoms with E-state index >= 15 is 0 Å². The van der Waals surface area contributed by atoms with Gasteiger partial charge in [-0.15, -0.1) is 0 Å². The fourth-order valence-corrected chi connectivity index (χ4v) is 2.16. The maximum Gasteiger partial charge on any atom is 0.127 e.